The molecule has 0 aliphatic heterocycles. The lowest BCUT2D eigenvalue weighted by Gasteiger charge is -2.11. The van der Waals surface area contributed by atoms with Crippen LogP contribution >= 0.6 is 0 Å². The fourth-order valence-corrected chi connectivity index (χ4v) is 1.34. The maximum absolute atomic E-state index is 11.4. The lowest BCUT2D eigenvalue weighted by atomic mass is 10.2. The van der Waals surface area contributed by atoms with E-state index in [9.17, 15) is 4.79 Å². The van der Waals surface area contributed by atoms with E-state index >= 15 is 0 Å². The van der Waals surface area contributed by atoms with Crippen LogP contribution in [0.3, 0.4) is 0 Å². The van der Waals surface area contributed by atoms with Gasteiger partial charge in [-0.25, -0.2) is 0 Å². The quantitative estimate of drug-likeness (QED) is 0.703. The smallest absolute Gasteiger partial charge is 0.258 e. The van der Waals surface area contributed by atoms with Crippen molar-refractivity contribution in [1.29, 1.82) is 0 Å². The fourth-order valence-electron chi connectivity index (χ4n) is 1.34. The third-order valence-electron chi connectivity index (χ3n) is 2.27. The second kappa shape index (κ2) is 7.34. The summed E-state index contributed by atoms with van der Waals surface area (Å²) in [5.41, 5.74) is 6.47. The number of carbonyl (C=O) groups is 1. The van der Waals surface area contributed by atoms with Gasteiger partial charge in [-0.3, -0.25) is 4.79 Å². The lowest BCUT2D eigenvalue weighted by Crippen LogP contribution is -2.28. The Hall–Kier alpha value is -2.01. The summed E-state index contributed by atoms with van der Waals surface area (Å²) in [4.78, 5) is 11.4. The zero-order chi connectivity index (χ0) is 13.4. The van der Waals surface area contributed by atoms with Gasteiger partial charge in [0.15, 0.2) is 18.1 Å². The van der Waals surface area contributed by atoms with Crippen molar-refractivity contribution >= 4 is 5.91 Å². The molecule has 0 saturated carbocycles. The molecule has 0 saturated heterocycles. The van der Waals surface area contributed by atoms with Crippen molar-refractivity contribution in [3.8, 4) is 11.5 Å². The Bertz CT molecular complexity index is 419. The number of benzene rings is 1. The molecular formula is C13H18N2O3. The van der Waals surface area contributed by atoms with E-state index in [1.165, 1.54) is 0 Å². The minimum Gasteiger partial charge on any atom is -0.493 e. The first-order chi connectivity index (χ1) is 8.71. The van der Waals surface area contributed by atoms with E-state index < -0.39 is 0 Å². The summed E-state index contributed by atoms with van der Waals surface area (Å²) in [6, 6.07) is 5.36. The van der Waals surface area contributed by atoms with Crippen LogP contribution in [0.15, 0.2) is 30.9 Å². The molecule has 0 atom stereocenters. The molecule has 1 rings (SSSR count). The van der Waals surface area contributed by atoms with E-state index in [2.05, 4.69) is 11.9 Å². The predicted octanol–water partition coefficient (Wildman–Crippen LogP) is 0.835. The van der Waals surface area contributed by atoms with Crippen molar-refractivity contribution < 1.29 is 14.3 Å². The first kappa shape index (κ1) is 14.1. The van der Waals surface area contributed by atoms with Gasteiger partial charge < -0.3 is 20.5 Å². The fraction of sp³-hybridized carbons (Fsp3) is 0.308. The van der Waals surface area contributed by atoms with Gasteiger partial charge in [0.2, 0.25) is 0 Å². The highest BCUT2D eigenvalue weighted by atomic mass is 16.5. The molecule has 0 aromatic heterocycles. The molecule has 1 amide bonds. The molecule has 0 heterocycles. The molecule has 0 fully saturated rings. The largest absolute Gasteiger partial charge is 0.493 e. The van der Waals surface area contributed by atoms with Crippen molar-refractivity contribution in [2.24, 2.45) is 5.73 Å². The molecule has 5 nitrogen and oxygen atoms in total. The maximum atomic E-state index is 11.4. The molecule has 0 radical (unpaired) electrons. The molecule has 0 aliphatic rings. The third-order valence-corrected chi connectivity index (χ3v) is 2.27. The summed E-state index contributed by atoms with van der Waals surface area (Å²) >= 11 is 0. The molecule has 18 heavy (non-hydrogen) atoms. The van der Waals surface area contributed by atoms with Crippen LogP contribution in [0.25, 0.3) is 0 Å². The van der Waals surface area contributed by atoms with E-state index in [4.69, 9.17) is 15.2 Å². The van der Waals surface area contributed by atoms with E-state index in [-0.39, 0.29) is 12.5 Å². The monoisotopic (exact) mass is 250 g/mol. The summed E-state index contributed by atoms with van der Waals surface area (Å²) in [6.45, 7) is 4.30. The van der Waals surface area contributed by atoms with Crippen LogP contribution in [0, 0.1) is 0 Å². The second-order valence-corrected chi connectivity index (χ2v) is 3.57. The zero-order valence-corrected chi connectivity index (χ0v) is 10.4. The van der Waals surface area contributed by atoms with Gasteiger partial charge in [0.25, 0.3) is 5.91 Å². The summed E-state index contributed by atoms with van der Waals surface area (Å²) in [6.07, 6.45) is 1.61. The van der Waals surface area contributed by atoms with Gasteiger partial charge in [-0.2, -0.15) is 0 Å². The van der Waals surface area contributed by atoms with Gasteiger partial charge >= 0.3 is 0 Å². The molecule has 3 N–H and O–H groups in total. The molecule has 5 heteroatoms. The zero-order valence-electron chi connectivity index (χ0n) is 10.4. The van der Waals surface area contributed by atoms with Crippen LogP contribution in [0.2, 0.25) is 0 Å². The predicted molar refractivity (Wildman–Crippen MR) is 69.6 cm³/mol. The average Bonchev–Trinajstić information content (AvgIpc) is 2.42. The number of amides is 1. The highest BCUT2D eigenvalue weighted by molar-refractivity contribution is 5.77. The standard InChI is InChI=1S/C13H18N2O3/c1-3-6-15-13(16)9-18-11-5-4-10(8-14)7-12(11)17-2/h3-5,7H,1,6,8-9,14H2,2H3,(H,15,16). The van der Waals surface area contributed by atoms with Gasteiger partial charge in [-0.05, 0) is 17.7 Å². The van der Waals surface area contributed by atoms with Gasteiger partial charge in [-0.1, -0.05) is 12.1 Å². The van der Waals surface area contributed by atoms with Crippen molar-refractivity contribution in [3.63, 3.8) is 0 Å². The molecule has 98 valence electrons. The molecule has 0 unspecified atom stereocenters. The summed E-state index contributed by atoms with van der Waals surface area (Å²) in [5, 5.41) is 2.62. The Morgan fingerprint density at radius 3 is 2.89 bits per heavy atom. The van der Waals surface area contributed by atoms with E-state index in [1.807, 2.05) is 6.07 Å². The summed E-state index contributed by atoms with van der Waals surface area (Å²) in [5.74, 6) is 0.873. The third kappa shape index (κ3) is 4.10. The second-order valence-electron chi connectivity index (χ2n) is 3.57. The number of hydrogen-bond donors (Lipinski definition) is 2. The van der Waals surface area contributed by atoms with Crippen molar-refractivity contribution in [2.75, 3.05) is 20.3 Å². The van der Waals surface area contributed by atoms with Gasteiger partial charge in [0, 0.05) is 13.1 Å². The number of ether oxygens (including phenoxy) is 2. The molecule has 0 bridgehead atoms. The van der Waals surface area contributed by atoms with Crippen LogP contribution in [-0.2, 0) is 11.3 Å². The van der Waals surface area contributed by atoms with Gasteiger partial charge in [-0.15, -0.1) is 6.58 Å². The normalized spacial score (nSPS) is 9.67. The maximum Gasteiger partial charge on any atom is 0.258 e. The van der Waals surface area contributed by atoms with Crippen molar-refractivity contribution in [1.82, 2.24) is 5.32 Å². The van der Waals surface area contributed by atoms with Crippen LogP contribution in [-0.4, -0.2) is 26.2 Å². The van der Waals surface area contributed by atoms with Crippen LogP contribution in [0.1, 0.15) is 5.56 Å². The number of carbonyl (C=O) groups excluding carboxylic acids is 1. The Balaban J connectivity index is 2.61. The summed E-state index contributed by atoms with van der Waals surface area (Å²) < 4.78 is 10.5. The number of methoxy groups -OCH3 is 1. The first-order valence-electron chi connectivity index (χ1n) is 5.58. The molecule has 1 aromatic carbocycles. The number of nitrogens with two attached hydrogens (primary N) is 1. The molecular weight excluding hydrogens is 232 g/mol. The molecule has 0 aliphatic carbocycles. The Kier molecular flexibility index (Phi) is 5.73. The van der Waals surface area contributed by atoms with Crippen molar-refractivity contribution in [2.45, 2.75) is 6.54 Å². The number of hydrogen-bond acceptors (Lipinski definition) is 4. The van der Waals surface area contributed by atoms with E-state index in [0.29, 0.717) is 24.6 Å². The van der Waals surface area contributed by atoms with Crippen LogP contribution in [0.4, 0.5) is 0 Å². The lowest BCUT2D eigenvalue weighted by molar-refractivity contribution is -0.122. The van der Waals surface area contributed by atoms with Gasteiger partial charge in [0.05, 0.1) is 7.11 Å². The SMILES string of the molecule is C=CCNC(=O)COc1ccc(CN)cc1OC. The Morgan fingerprint density at radius 1 is 1.50 bits per heavy atom. The number of nitrogens with one attached hydrogen (secondary N) is 1. The highest BCUT2D eigenvalue weighted by Gasteiger charge is 2.07. The van der Waals surface area contributed by atoms with E-state index in [1.54, 1.807) is 25.3 Å². The van der Waals surface area contributed by atoms with Crippen molar-refractivity contribution in [3.05, 3.63) is 36.4 Å². The van der Waals surface area contributed by atoms with Crippen LogP contribution < -0.4 is 20.5 Å². The van der Waals surface area contributed by atoms with Crippen LogP contribution in [0.5, 0.6) is 11.5 Å². The topological polar surface area (TPSA) is 73.6 Å². The molecule has 0 spiro atoms. The minimum atomic E-state index is -0.208. The molecule has 1 aromatic rings. The van der Waals surface area contributed by atoms with Gasteiger partial charge in [0.1, 0.15) is 0 Å². The minimum absolute atomic E-state index is 0.0633. The summed E-state index contributed by atoms with van der Waals surface area (Å²) in [7, 11) is 1.54. The first-order valence-corrected chi connectivity index (χ1v) is 5.58. The Labute approximate surface area is 107 Å². The average molecular weight is 250 g/mol. The highest BCUT2D eigenvalue weighted by Crippen LogP contribution is 2.27. The Morgan fingerprint density at radius 2 is 2.28 bits per heavy atom. The number of rotatable bonds is 7. The van der Waals surface area contributed by atoms with E-state index in [0.717, 1.165) is 5.56 Å².